The number of amides is 1. The first-order valence-electron chi connectivity index (χ1n) is 9.00. The summed E-state index contributed by atoms with van der Waals surface area (Å²) >= 11 is 12.2. The van der Waals surface area contributed by atoms with Crippen LogP contribution in [0, 0.1) is 0 Å². The Balaban J connectivity index is 1.59. The van der Waals surface area contributed by atoms with Crippen LogP contribution in [0.25, 0.3) is 11.0 Å². The van der Waals surface area contributed by atoms with E-state index in [0.29, 0.717) is 23.1 Å². The van der Waals surface area contributed by atoms with Crippen LogP contribution in [0.2, 0.25) is 10.0 Å². The maximum Gasteiger partial charge on any atom is 0.245 e. The van der Waals surface area contributed by atoms with Gasteiger partial charge in [-0.1, -0.05) is 52.7 Å². The van der Waals surface area contributed by atoms with E-state index in [1.165, 1.54) is 0 Å². The Hall–Kier alpha value is -2.96. The zero-order chi connectivity index (χ0) is 20.2. The SMILES string of the molecule is O=C(Cn1nnc2ccccc21)N(Cc1ccc(Cl)c(Cl)c1)Cc1ccccn1. The second-order valence-electron chi connectivity index (χ2n) is 6.56. The fourth-order valence-electron chi connectivity index (χ4n) is 3.04. The van der Waals surface area contributed by atoms with Crippen molar-refractivity contribution in [3.63, 3.8) is 0 Å². The number of aromatic nitrogens is 4. The number of halogens is 2. The van der Waals surface area contributed by atoms with Gasteiger partial charge in [0.25, 0.3) is 0 Å². The van der Waals surface area contributed by atoms with Gasteiger partial charge in [-0.15, -0.1) is 5.10 Å². The molecule has 2 heterocycles. The molecule has 0 unspecified atom stereocenters. The second kappa shape index (κ2) is 8.59. The van der Waals surface area contributed by atoms with Gasteiger partial charge in [-0.05, 0) is 42.0 Å². The summed E-state index contributed by atoms with van der Waals surface area (Å²) in [6, 6.07) is 18.5. The summed E-state index contributed by atoms with van der Waals surface area (Å²) in [6.45, 7) is 0.820. The Bertz CT molecular complexity index is 1150. The first-order chi connectivity index (χ1) is 14.1. The number of benzene rings is 2. The molecule has 29 heavy (non-hydrogen) atoms. The lowest BCUT2D eigenvalue weighted by atomic mass is 10.2. The molecule has 1 amide bonds. The van der Waals surface area contributed by atoms with Crippen molar-refractivity contribution in [1.29, 1.82) is 0 Å². The molecule has 0 saturated heterocycles. The summed E-state index contributed by atoms with van der Waals surface area (Å²) < 4.78 is 1.61. The van der Waals surface area contributed by atoms with Crippen LogP contribution in [0.5, 0.6) is 0 Å². The molecule has 0 fully saturated rings. The Morgan fingerprint density at radius 1 is 0.966 bits per heavy atom. The monoisotopic (exact) mass is 425 g/mol. The molecular weight excluding hydrogens is 409 g/mol. The number of rotatable bonds is 6. The van der Waals surface area contributed by atoms with Crippen LogP contribution in [0.4, 0.5) is 0 Å². The first-order valence-corrected chi connectivity index (χ1v) is 9.75. The van der Waals surface area contributed by atoms with Gasteiger partial charge in [0, 0.05) is 12.7 Å². The minimum atomic E-state index is -0.0996. The molecule has 4 rings (SSSR count). The van der Waals surface area contributed by atoms with Crippen LogP contribution < -0.4 is 0 Å². The quantitative estimate of drug-likeness (QED) is 0.460. The number of hydrogen-bond donors (Lipinski definition) is 0. The Morgan fingerprint density at radius 3 is 2.59 bits per heavy atom. The van der Waals surface area contributed by atoms with Crippen molar-refractivity contribution in [3.05, 3.63) is 88.2 Å². The van der Waals surface area contributed by atoms with Gasteiger partial charge in [-0.3, -0.25) is 9.78 Å². The van der Waals surface area contributed by atoms with Crippen LogP contribution in [0.1, 0.15) is 11.3 Å². The maximum atomic E-state index is 13.2. The van der Waals surface area contributed by atoms with E-state index in [-0.39, 0.29) is 12.5 Å². The molecule has 8 heteroatoms. The summed E-state index contributed by atoms with van der Waals surface area (Å²) in [6.07, 6.45) is 1.71. The molecule has 0 saturated carbocycles. The number of para-hydroxylation sites is 1. The maximum absolute atomic E-state index is 13.2. The normalized spacial score (nSPS) is 11.0. The Labute approximate surface area is 177 Å². The minimum absolute atomic E-state index is 0.0780. The summed E-state index contributed by atoms with van der Waals surface area (Å²) in [4.78, 5) is 19.2. The highest BCUT2D eigenvalue weighted by Gasteiger charge is 2.18. The van der Waals surface area contributed by atoms with Gasteiger partial charge in [-0.25, -0.2) is 4.68 Å². The van der Waals surface area contributed by atoms with E-state index in [1.807, 2.05) is 48.5 Å². The summed E-state index contributed by atoms with van der Waals surface area (Å²) in [5, 5.41) is 9.17. The van der Waals surface area contributed by atoms with Crippen molar-refractivity contribution in [3.8, 4) is 0 Å². The predicted molar refractivity (Wildman–Crippen MR) is 112 cm³/mol. The fourth-order valence-corrected chi connectivity index (χ4v) is 3.36. The molecule has 4 aromatic rings. The van der Waals surface area contributed by atoms with Crippen LogP contribution in [-0.2, 0) is 24.4 Å². The van der Waals surface area contributed by atoms with Gasteiger partial charge in [0.2, 0.25) is 5.91 Å². The van der Waals surface area contributed by atoms with Crippen LogP contribution in [0.15, 0.2) is 66.9 Å². The molecule has 0 aliphatic rings. The molecule has 0 radical (unpaired) electrons. The van der Waals surface area contributed by atoms with Crippen molar-refractivity contribution in [2.45, 2.75) is 19.6 Å². The zero-order valence-corrected chi connectivity index (χ0v) is 16.9. The number of hydrogen-bond acceptors (Lipinski definition) is 4. The summed E-state index contributed by atoms with van der Waals surface area (Å²) in [5.74, 6) is -0.0996. The van der Waals surface area contributed by atoms with Crippen molar-refractivity contribution < 1.29 is 4.79 Å². The van der Waals surface area contributed by atoms with Crippen LogP contribution in [-0.4, -0.2) is 30.8 Å². The highest BCUT2D eigenvalue weighted by molar-refractivity contribution is 6.42. The second-order valence-corrected chi connectivity index (χ2v) is 7.37. The third-order valence-corrected chi connectivity index (χ3v) is 5.23. The largest absolute Gasteiger partial charge is 0.331 e. The molecular formula is C21H17Cl2N5O. The van der Waals surface area contributed by atoms with Crippen molar-refractivity contribution >= 4 is 40.1 Å². The lowest BCUT2D eigenvalue weighted by Gasteiger charge is -2.23. The number of fused-ring (bicyclic) bond motifs is 1. The van der Waals surface area contributed by atoms with Gasteiger partial charge in [0.1, 0.15) is 12.1 Å². The minimum Gasteiger partial charge on any atom is -0.331 e. The standard InChI is InChI=1S/C21H17Cl2N5O/c22-17-9-8-15(11-18(17)23)12-27(13-16-5-3-4-10-24-16)21(29)14-28-20-7-2-1-6-19(20)25-26-28/h1-11H,12-14H2. The van der Waals surface area contributed by atoms with E-state index in [4.69, 9.17) is 23.2 Å². The number of carbonyl (C=O) groups excluding carboxylic acids is 1. The molecule has 6 nitrogen and oxygen atoms in total. The van der Waals surface area contributed by atoms with Crippen molar-refractivity contribution in [2.75, 3.05) is 0 Å². The van der Waals surface area contributed by atoms with E-state index in [9.17, 15) is 4.79 Å². The van der Waals surface area contributed by atoms with Gasteiger partial charge in [0.05, 0.1) is 27.8 Å². The van der Waals surface area contributed by atoms with Crippen LogP contribution in [0.3, 0.4) is 0 Å². The predicted octanol–water partition coefficient (Wildman–Crippen LogP) is 4.36. The molecule has 146 valence electrons. The average molecular weight is 426 g/mol. The van der Waals surface area contributed by atoms with Gasteiger partial charge in [-0.2, -0.15) is 0 Å². The average Bonchev–Trinajstić information content (AvgIpc) is 3.14. The smallest absolute Gasteiger partial charge is 0.245 e. The van der Waals surface area contributed by atoms with E-state index >= 15 is 0 Å². The van der Waals surface area contributed by atoms with E-state index in [0.717, 1.165) is 22.3 Å². The molecule has 0 aliphatic heterocycles. The first kappa shape index (κ1) is 19.4. The third kappa shape index (κ3) is 4.55. The number of pyridine rings is 1. The molecule has 0 spiro atoms. The van der Waals surface area contributed by atoms with E-state index in [1.54, 1.807) is 27.9 Å². The third-order valence-electron chi connectivity index (χ3n) is 4.49. The van der Waals surface area contributed by atoms with Gasteiger partial charge < -0.3 is 4.90 Å². The molecule has 2 aromatic carbocycles. The topological polar surface area (TPSA) is 63.9 Å². The van der Waals surface area contributed by atoms with Crippen molar-refractivity contribution in [2.24, 2.45) is 0 Å². The molecule has 0 N–H and O–H groups in total. The van der Waals surface area contributed by atoms with Gasteiger partial charge in [0.15, 0.2) is 0 Å². The Kier molecular flexibility index (Phi) is 5.74. The molecule has 0 aliphatic carbocycles. The highest BCUT2D eigenvalue weighted by atomic mass is 35.5. The summed E-state index contributed by atoms with van der Waals surface area (Å²) in [5.41, 5.74) is 3.24. The molecule has 0 bridgehead atoms. The lowest BCUT2D eigenvalue weighted by Crippen LogP contribution is -2.33. The zero-order valence-electron chi connectivity index (χ0n) is 15.4. The number of carbonyl (C=O) groups is 1. The van der Waals surface area contributed by atoms with E-state index < -0.39 is 0 Å². The number of nitrogens with zero attached hydrogens (tertiary/aromatic N) is 5. The van der Waals surface area contributed by atoms with Crippen molar-refractivity contribution in [1.82, 2.24) is 24.9 Å². The molecule has 0 atom stereocenters. The fraction of sp³-hybridized carbons (Fsp3) is 0.143. The van der Waals surface area contributed by atoms with Gasteiger partial charge >= 0.3 is 0 Å². The lowest BCUT2D eigenvalue weighted by molar-refractivity contribution is -0.133. The van der Waals surface area contributed by atoms with E-state index in [2.05, 4.69) is 15.3 Å². The molecule has 2 aromatic heterocycles. The Morgan fingerprint density at radius 2 is 1.79 bits per heavy atom. The highest BCUT2D eigenvalue weighted by Crippen LogP contribution is 2.23. The van der Waals surface area contributed by atoms with Crippen LogP contribution >= 0.6 is 23.2 Å². The summed E-state index contributed by atoms with van der Waals surface area (Å²) in [7, 11) is 0.